The predicted octanol–water partition coefficient (Wildman–Crippen LogP) is 4.91. The second-order valence-corrected chi connectivity index (χ2v) is 5.19. The Hall–Kier alpha value is -2.83. The maximum Gasteiger partial charge on any atom is 0.339 e. The number of carbonyl (C=O) groups is 1. The fourth-order valence-corrected chi connectivity index (χ4v) is 1.94. The number of aromatic hydroxyl groups is 1. The van der Waals surface area contributed by atoms with Crippen molar-refractivity contribution >= 4 is 17.3 Å². The molecule has 0 amide bonds. The van der Waals surface area contributed by atoms with Crippen LogP contribution >= 0.6 is 0 Å². The molecule has 0 spiro atoms. The van der Waals surface area contributed by atoms with E-state index in [1.54, 1.807) is 13.8 Å². The number of carboxylic acid groups (broad SMARTS) is 1. The molecular weight excluding hydrogens is 306 g/mol. The Morgan fingerprint density at radius 3 is 2.39 bits per heavy atom. The highest BCUT2D eigenvalue weighted by molar-refractivity contribution is 5.91. The number of aromatic carboxylic acids is 1. The summed E-state index contributed by atoms with van der Waals surface area (Å²) in [6, 6.07) is 5.58. The molecule has 0 aliphatic heterocycles. The van der Waals surface area contributed by atoms with Gasteiger partial charge in [0.2, 0.25) is 0 Å². The normalized spacial score (nSPS) is 11.3. The number of hydrogen-bond acceptors (Lipinski definition) is 4. The fraction of sp³-hybridized carbons (Fsp3) is 0.188. The molecule has 23 heavy (non-hydrogen) atoms. The molecule has 2 rings (SSSR count). The van der Waals surface area contributed by atoms with Crippen LogP contribution in [0, 0.1) is 11.6 Å². The van der Waals surface area contributed by atoms with Gasteiger partial charge in [-0.05, 0) is 35.7 Å². The van der Waals surface area contributed by atoms with Crippen molar-refractivity contribution in [3.05, 3.63) is 53.1 Å². The lowest BCUT2D eigenvalue weighted by atomic mass is 10.0. The topological polar surface area (TPSA) is 82.2 Å². The van der Waals surface area contributed by atoms with Gasteiger partial charge in [0.25, 0.3) is 0 Å². The van der Waals surface area contributed by atoms with E-state index >= 15 is 0 Å². The number of nitrogens with zero attached hydrogens (tertiary/aromatic N) is 2. The molecule has 0 saturated heterocycles. The van der Waals surface area contributed by atoms with Gasteiger partial charge in [-0.2, -0.15) is 5.11 Å². The molecule has 0 aromatic heterocycles. The lowest BCUT2D eigenvalue weighted by molar-refractivity contribution is 0.0693. The van der Waals surface area contributed by atoms with Gasteiger partial charge in [0.15, 0.2) is 5.82 Å². The van der Waals surface area contributed by atoms with E-state index in [1.165, 1.54) is 12.1 Å². The quantitative estimate of drug-likeness (QED) is 0.785. The summed E-state index contributed by atoms with van der Waals surface area (Å²) >= 11 is 0. The van der Waals surface area contributed by atoms with Gasteiger partial charge in [-0.3, -0.25) is 0 Å². The van der Waals surface area contributed by atoms with Crippen molar-refractivity contribution in [1.82, 2.24) is 0 Å². The third kappa shape index (κ3) is 3.68. The molecule has 5 nitrogen and oxygen atoms in total. The van der Waals surface area contributed by atoms with Crippen LogP contribution in [0.25, 0.3) is 0 Å². The summed E-state index contributed by atoms with van der Waals surface area (Å²) < 4.78 is 27.4. The highest BCUT2D eigenvalue weighted by atomic mass is 19.1. The van der Waals surface area contributed by atoms with Crippen LogP contribution in [0.2, 0.25) is 0 Å². The standard InChI is InChI=1S/C16H14F2N2O3/c1-8(2)10-6-14(13(18)7-12(10)17)20-19-9-3-4-15(21)11(5-9)16(22)23/h3-8,21H,1-2H3,(H,22,23)/b20-19+. The number of hydrogen-bond donors (Lipinski definition) is 2. The van der Waals surface area contributed by atoms with Gasteiger partial charge in [0.1, 0.15) is 22.8 Å². The zero-order chi connectivity index (χ0) is 17.1. The van der Waals surface area contributed by atoms with Crippen molar-refractivity contribution in [1.29, 1.82) is 0 Å². The Balaban J connectivity index is 2.39. The first-order valence-electron chi connectivity index (χ1n) is 6.76. The van der Waals surface area contributed by atoms with Crippen LogP contribution in [0.1, 0.15) is 35.7 Å². The van der Waals surface area contributed by atoms with E-state index in [4.69, 9.17) is 5.11 Å². The summed E-state index contributed by atoms with van der Waals surface area (Å²) in [6.45, 7) is 3.52. The molecule has 120 valence electrons. The second kappa shape index (κ2) is 6.51. The van der Waals surface area contributed by atoms with Gasteiger partial charge in [-0.1, -0.05) is 13.8 Å². The summed E-state index contributed by atoms with van der Waals surface area (Å²) in [5.41, 5.74) is -0.0729. The van der Waals surface area contributed by atoms with Crippen LogP contribution in [-0.2, 0) is 0 Å². The molecule has 0 radical (unpaired) electrons. The third-order valence-electron chi connectivity index (χ3n) is 3.17. The lowest BCUT2D eigenvalue weighted by Crippen LogP contribution is -1.95. The molecule has 0 saturated carbocycles. The van der Waals surface area contributed by atoms with Crippen LogP contribution in [0.3, 0.4) is 0 Å². The molecule has 0 aliphatic carbocycles. The monoisotopic (exact) mass is 320 g/mol. The largest absolute Gasteiger partial charge is 0.507 e. The van der Waals surface area contributed by atoms with Gasteiger partial charge in [0.05, 0.1) is 5.69 Å². The van der Waals surface area contributed by atoms with E-state index in [0.29, 0.717) is 5.56 Å². The number of benzene rings is 2. The number of rotatable bonds is 4. The van der Waals surface area contributed by atoms with Crippen molar-refractivity contribution < 1.29 is 23.8 Å². The Bertz CT molecular complexity index is 789. The van der Waals surface area contributed by atoms with Crippen LogP contribution in [-0.4, -0.2) is 16.2 Å². The van der Waals surface area contributed by atoms with Crippen molar-refractivity contribution in [3.8, 4) is 5.75 Å². The number of carboxylic acids is 1. The van der Waals surface area contributed by atoms with E-state index in [2.05, 4.69) is 10.2 Å². The van der Waals surface area contributed by atoms with Crippen LogP contribution in [0.15, 0.2) is 40.6 Å². The summed E-state index contributed by atoms with van der Waals surface area (Å²) in [7, 11) is 0. The summed E-state index contributed by atoms with van der Waals surface area (Å²) in [4.78, 5) is 10.9. The summed E-state index contributed by atoms with van der Waals surface area (Å²) in [6.07, 6.45) is 0. The molecule has 7 heteroatoms. The van der Waals surface area contributed by atoms with Gasteiger partial charge < -0.3 is 10.2 Å². The zero-order valence-electron chi connectivity index (χ0n) is 12.4. The summed E-state index contributed by atoms with van der Waals surface area (Å²) in [5.74, 6) is -3.42. The number of halogens is 2. The minimum atomic E-state index is -1.32. The Morgan fingerprint density at radius 2 is 1.78 bits per heavy atom. The smallest absolute Gasteiger partial charge is 0.339 e. The minimum absolute atomic E-state index is 0.120. The zero-order valence-corrected chi connectivity index (χ0v) is 12.4. The molecule has 0 atom stereocenters. The van der Waals surface area contributed by atoms with Crippen molar-refractivity contribution in [2.45, 2.75) is 19.8 Å². The molecule has 0 heterocycles. The van der Waals surface area contributed by atoms with E-state index < -0.39 is 23.4 Å². The van der Waals surface area contributed by atoms with Crippen molar-refractivity contribution in [2.24, 2.45) is 10.2 Å². The molecule has 0 bridgehead atoms. The van der Waals surface area contributed by atoms with Crippen LogP contribution in [0.5, 0.6) is 5.75 Å². The van der Waals surface area contributed by atoms with E-state index in [1.807, 2.05) is 0 Å². The fourth-order valence-electron chi connectivity index (χ4n) is 1.94. The SMILES string of the molecule is CC(C)c1cc(/N=N/c2ccc(O)c(C(=O)O)c2)c(F)cc1F. The molecule has 2 aromatic rings. The lowest BCUT2D eigenvalue weighted by Gasteiger charge is -2.08. The van der Waals surface area contributed by atoms with Crippen LogP contribution < -0.4 is 0 Å². The van der Waals surface area contributed by atoms with Gasteiger partial charge in [0, 0.05) is 6.07 Å². The predicted molar refractivity (Wildman–Crippen MR) is 79.7 cm³/mol. The van der Waals surface area contributed by atoms with Crippen molar-refractivity contribution in [3.63, 3.8) is 0 Å². The maximum absolute atomic E-state index is 13.7. The molecule has 0 unspecified atom stereocenters. The second-order valence-electron chi connectivity index (χ2n) is 5.19. The van der Waals surface area contributed by atoms with Crippen molar-refractivity contribution in [2.75, 3.05) is 0 Å². The minimum Gasteiger partial charge on any atom is -0.507 e. The number of azo groups is 1. The highest BCUT2D eigenvalue weighted by Crippen LogP contribution is 2.29. The molecule has 2 aromatic carbocycles. The molecule has 0 aliphatic rings. The average molecular weight is 320 g/mol. The highest BCUT2D eigenvalue weighted by Gasteiger charge is 2.13. The maximum atomic E-state index is 13.7. The first-order chi connectivity index (χ1) is 10.8. The van der Waals surface area contributed by atoms with Crippen LogP contribution in [0.4, 0.5) is 20.2 Å². The Kier molecular flexibility index (Phi) is 4.68. The Morgan fingerprint density at radius 1 is 1.09 bits per heavy atom. The number of phenols is 1. The molecule has 2 N–H and O–H groups in total. The summed E-state index contributed by atoms with van der Waals surface area (Å²) in [5, 5.41) is 25.8. The van der Waals surface area contributed by atoms with Gasteiger partial charge in [-0.15, -0.1) is 5.11 Å². The van der Waals surface area contributed by atoms with E-state index in [-0.39, 0.29) is 22.9 Å². The molecule has 0 fully saturated rings. The molecular formula is C16H14F2N2O3. The van der Waals surface area contributed by atoms with Gasteiger partial charge >= 0.3 is 5.97 Å². The first kappa shape index (κ1) is 16.5. The third-order valence-corrected chi connectivity index (χ3v) is 3.17. The van der Waals surface area contributed by atoms with E-state index in [9.17, 15) is 18.7 Å². The Labute approximate surface area is 130 Å². The average Bonchev–Trinajstić information content (AvgIpc) is 2.47. The van der Waals surface area contributed by atoms with Gasteiger partial charge in [-0.25, -0.2) is 13.6 Å². The van der Waals surface area contributed by atoms with E-state index in [0.717, 1.165) is 18.2 Å². The first-order valence-corrected chi connectivity index (χ1v) is 6.76.